The van der Waals surface area contributed by atoms with Gasteiger partial charge >= 0.3 is 0 Å². The number of pyridine rings is 2. The molecule has 0 N–H and O–H groups in total. The van der Waals surface area contributed by atoms with Gasteiger partial charge in [-0.2, -0.15) is 0 Å². The number of anilines is 1. The number of halogens is 2. The third-order valence-electron chi connectivity index (χ3n) is 8.31. The van der Waals surface area contributed by atoms with Gasteiger partial charge in [0.1, 0.15) is 11.4 Å². The molecule has 11 nitrogen and oxygen atoms in total. The molecule has 0 aliphatic carbocycles. The lowest BCUT2D eigenvalue weighted by Crippen LogP contribution is -2.48. The van der Waals surface area contributed by atoms with Crippen molar-refractivity contribution in [3.8, 4) is 17.5 Å². The van der Waals surface area contributed by atoms with E-state index in [0.717, 1.165) is 40.4 Å². The summed E-state index contributed by atoms with van der Waals surface area (Å²) in [5.74, 6) is 1.41. The number of sulfonamides is 1. The number of hydrogen-bond donors (Lipinski definition) is 0. The lowest BCUT2D eigenvalue weighted by molar-refractivity contribution is 0.0619. The van der Waals surface area contributed by atoms with Gasteiger partial charge in [0.25, 0.3) is 15.9 Å². The van der Waals surface area contributed by atoms with E-state index in [9.17, 15) is 13.2 Å². The predicted octanol–water partition coefficient (Wildman–Crippen LogP) is 6.64. The Kier molecular flexibility index (Phi) is 10.0. The van der Waals surface area contributed by atoms with E-state index < -0.39 is 10.0 Å². The molecule has 1 saturated heterocycles. The van der Waals surface area contributed by atoms with Crippen molar-refractivity contribution in [1.82, 2.24) is 24.3 Å². The van der Waals surface area contributed by atoms with Gasteiger partial charge in [-0.15, -0.1) is 0 Å². The maximum absolute atomic E-state index is 13.6. The molecule has 2 aromatic carbocycles. The Balaban J connectivity index is 1.08. The summed E-state index contributed by atoms with van der Waals surface area (Å²) in [6, 6.07) is 18.7. The van der Waals surface area contributed by atoms with Crippen molar-refractivity contribution in [3.63, 3.8) is 0 Å². The smallest absolute Gasteiger partial charge is 0.270 e. The standard InChI is InChI=1S/C35H36Cl2N6O5S/c1-23(2)47-33-11-5-24(20-38-33)22-42-13-15-43(16-14-42)35(44)32-17-25-6-8-27(18-31(25)40(32)3)48-34-12-7-26(21-39-34)41(4)49(45,46)28-9-10-29(36)30(37)19-28/h5-12,17-21,23H,13-16,22H2,1-4H3. The lowest BCUT2D eigenvalue weighted by Gasteiger charge is -2.34. The van der Waals surface area contributed by atoms with Gasteiger partial charge in [0.2, 0.25) is 11.8 Å². The Hall–Kier alpha value is -4.36. The molecule has 1 amide bonds. The molecule has 256 valence electrons. The summed E-state index contributed by atoms with van der Waals surface area (Å²) in [5.41, 5.74) is 2.87. The fraction of sp³-hybridized carbons (Fsp3) is 0.286. The monoisotopic (exact) mass is 722 g/mol. The third kappa shape index (κ3) is 7.62. The molecule has 0 bridgehead atoms. The summed E-state index contributed by atoms with van der Waals surface area (Å²) < 4.78 is 40.9. The molecule has 1 aliphatic heterocycles. The molecule has 0 atom stereocenters. The average molecular weight is 724 g/mol. The van der Waals surface area contributed by atoms with Gasteiger partial charge in [0, 0.05) is 76.6 Å². The first-order chi connectivity index (χ1) is 23.4. The molecule has 6 rings (SSSR count). The zero-order chi connectivity index (χ0) is 34.9. The zero-order valence-electron chi connectivity index (χ0n) is 27.5. The van der Waals surface area contributed by atoms with Crippen molar-refractivity contribution in [2.75, 3.05) is 37.5 Å². The summed E-state index contributed by atoms with van der Waals surface area (Å²) in [4.78, 5) is 26.5. The van der Waals surface area contributed by atoms with Crippen LogP contribution in [0, 0.1) is 0 Å². The highest BCUT2D eigenvalue weighted by Crippen LogP contribution is 2.31. The van der Waals surface area contributed by atoms with Crippen LogP contribution in [0.5, 0.6) is 17.5 Å². The number of carbonyl (C=O) groups excluding carboxylic acids is 1. The largest absolute Gasteiger partial charge is 0.475 e. The number of ether oxygens (including phenoxy) is 2. The molecular formula is C35H36Cl2N6O5S. The number of benzene rings is 2. The molecule has 1 fully saturated rings. The van der Waals surface area contributed by atoms with E-state index in [0.29, 0.717) is 36.1 Å². The number of piperazine rings is 1. The van der Waals surface area contributed by atoms with E-state index in [-0.39, 0.29) is 32.8 Å². The molecule has 49 heavy (non-hydrogen) atoms. The summed E-state index contributed by atoms with van der Waals surface area (Å²) in [7, 11) is -0.601. The van der Waals surface area contributed by atoms with Gasteiger partial charge < -0.3 is 18.9 Å². The highest BCUT2D eigenvalue weighted by atomic mass is 35.5. The van der Waals surface area contributed by atoms with Crippen LogP contribution in [0.2, 0.25) is 10.0 Å². The first-order valence-electron chi connectivity index (χ1n) is 15.7. The van der Waals surface area contributed by atoms with Gasteiger partial charge in [-0.1, -0.05) is 29.3 Å². The van der Waals surface area contributed by atoms with Crippen molar-refractivity contribution in [1.29, 1.82) is 0 Å². The van der Waals surface area contributed by atoms with Gasteiger partial charge in [-0.3, -0.25) is 14.0 Å². The van der Waals surface area contributed by atoms with Gasteiger partial charge in [-0.05, 0) is 61.9 Å². The van der Waals surface area contributed by atoms with Gasteiger partial charge in [0.05, 0.1) is 38.4 Å². The second kappa shape index (κ2) is 14.2. The van der Waals surface area contributed by atoms with Crippen molar-refractivity contribution in [2.45, 2.75) is 31.4 Å². The minimum atomic E-state index is -3.90. The maximum atomic E-state index is 13.6. The minimum Gasteiger partial charge on any atom is -0.475 e. The van der Waals surface area contributed by atoms with E-state index >= 15 is 0 Å². The van der Waals surface area contributed by atoms with Crippen molar-refractivity contribution in [2.24, 2.45) is 7.05 Å². The van der Waals surface area contributed by atoms with Crippen LogP contribution in [0.4, 0.5) is 5.69 Å². The number of aryl methyl sites for hydroxylation is 1. The van der Waals surface area contributed by atoms with Crippen molar-refractivity contribution in [3.05, 3.63) is 100 Å². The molecule has 5 aromatic rings. The highest BCUT2D eigenvalue weighted by molar-refractivity contribution is 7.92. The lowest BCUT2D eigenvalue weighted by atomic mass is 10.2. The topological polar surface area (TPSA) is 110 Å². The number of amides is 1. The zero-order valence-corrected chi connectivity index (χ0v) is 29.8. The number of rotatable bonds is 10. The number of hydrogen-bond acceptors (Lipinski definition) is 8. The van der Waals surface area contributed by atoms with Crippen LogP contribution in [-0.4, -0.2) is 78.0 Å². The van der Waals surface area contributed by atoms with E-state index in [1.165, 1.54) is 31.4 Å². The van der Waals surface area contributed by atoms with E-state index in [4.69, 9.17) is 32.7 Å². The van der Waals surface area contributed by atoms with Crippen LogP contribution in [0.1, 0.15) is 29.9 Å². The summed E-state index contributed by atoms with van der Waals surface area (Å²) in [6.45, 7) is 7.50. The Morgan fingerprint density at radius 2 is 1.63 bits per heavy atom. The Morgan fingerprint density at radius 1 is 0.898 bits per heavy atom. The molecule has 1 aliphatic rings. The normalized spacial score (nSPS) is 14.0. The Bertz CT molecular complexity index is 2080. The first-order valence-corrected chi connectivity index (χ1v) is 17.9. The minimum absolute atomic E-state index is 0.00767. The van der Waals surface area contributed by atoms with Crippen LogP contribution in [-0.2, 0) is 23.6 Å². The molecule has 0 radical (unpaired) electrons. The van der Waals surface area contributed by atoms with Gasteiger partial charge in [-0.25, -0.2) is 18.4 Å². The van der Waals surface area contributed by atoms with E-state index in [1.54, 1.807) is 12.1 Å². The molecule has 0 spiro atoms. The van der Waals surface area contributed by atoms with E-state index in [1.807, 2.05) is 73.0 Å². The summed E-state index contributed by atoms with van der Waals surface area (Å²) >= 11 is 12.0. The van der Waals surface area contributed by atoms with E-state index in [2.05, 4.69) is 14.9 Å². The van der Waals surface area contributed by atoms with Gasteiger partial charge in [0.15, 0.2) is 0 Å². The number of nitrogens with zero attached hydrogens (tertiary/aromatic N) is 6. The van der Waals surface area contributed by atoms with Crippen LogP contribution in [0.25, 0.3) is 10.9 Å². The Morgan fingerprint density at radius 3 is 2.29 bits per heavy atom. The molecular weight excluding hydrogens is 687 g/mol. The molecule has 3 aromatic heterocycles. The van der Waals surface area contributed by atoms with Crippen LogP contribution in [0.15, 0.2) is 84.0 Å². The van der Waals surface area contributed by atoms with Crippen molar-refractivity contribution >= 4 is 55.7 Å². The van der Waals surface area contributed by atoms with Crippen LogP contribution in [0.3, 0.4) is 0 Å². The van der Waals surface area contributed by atoms with Crippen LogP contribution < -0.4 is 13.8 Å². The average Bonchev–Trinajstić information content (AvgIpc) is 3.42. The molecule has 4 heterocycles. The number of fused-ring (bicyclic) bond motifs is 1. The second-order valence-electron chi connectivity index (χ2n) is 12.1. The summed E-state index contributed by atoms with van der Waals surface area (Å²) in [5, 5.41) is 1.32. The third-order valence-corrected chi connectivity index (χ3v) is 10.8. The predicted molar refractivity (Wildman–Crippen MR) is 190 cm³/mol. The first kappa shape index (κ1) is 34.5. The number of carbonyl (C=O) groups is 1. The Labute approximate surface area is 295 Å². The number of aromatic nitrogens is 3. The maximum Gasteiger partial charge on any atom is 0.270 e. The molecule has 14 heteroatoms. The summed E-state index contributed by atoms with van der Waals surface area (Å²) in [6.07, 6.45) is 3.34. The second-order valence-corrected chi connectivity index (χ2v) is 14.8. The SMILES string of the molecule is CC(C)Oc1ccc(CN2CCN(C(=O)c3cc4ccc(Oc5ccc(N(C)S(=O)(=O)c6ccc(Cl)c(Cl)c6)cn5)cc4n3C)CC2)cn1. The fourth-order valence-electron chi connectivity index (χ4n) is 5.60. The fourth-order valence-corrected chi connectivity index (χ4v) is 7.17. The van der Waals surface area contributed by atoms with Crippen molar-refractivity contribution < 1.29 is 22.7 Å². The molecule has 0 unspecified atom stereocenters. The highest BCUT2D eigenvalue weighted by Gasteiger charge is 2.26. The molecule has 0 saturated carbocycles. The quantitative estimate of drug-likeness (QED) is 0.158. The van der Waals surface area contributed by atoms with Crippen LogP contribution >= 0.6 is 23.2 Å².